The lowest BCUT2D eigenvalue weighted by molar-refractivity contribution is 0.448. The van der Waals surface area contributed by atoms with Gasteiger partial charge in [0.05, 0.1) is 0 Å². The second-order valence-electron chi connectivity index (χ2n) is 5.42. The van der Waals surface area contributed by atoms with Gasteiger partial charge in [0.15, 0.2) is 0 Å². The highest BCUT2D eigenvalue weighted by molar-refractivity contribution is 6.30. The lowest BCUT2D eigenvalue weighted by atomic mass is 9.93. The molecular weight excluding hydrogens is 216 g/mol. The van der Waals surface area contributed by atoms with E-state index in [1.807, 2.05) is 6.07 Å². The van der Waals surface area contributed by atoms with Crippen LogP contribution in [0.25, 0.3) is 0 Å². The van der Waals surface area contributed by atoms with Crippen LogP contribution in [0.2, 0.25) is 5.02 Å². The number of aryl methyl sites for hydroxylation is 1. The SMILES string of the molecule is Cc1cc(Cl)cc(CC(C)CCC(C)C)c1. The van der Waals surface area contributed by atoms with E-state index in [1.165, 1.54) is 24.0 Å². The molecule has 1 rings (SSSR count). The first-order valence-corrected chi connectivity index (χ1v) is 6.61. The number of rotatable bonds is 5. The van der Waals surface area contributed by atoms with Crippen molar-refractivity contribution >= 4 is 11.6 Å². The number of hydrogen-bond donors (Lipinski definition) is 0. The molecule has 1 heteroatoms. The highest BCUT2D eigenvalue weighted by Crippen LogP contribution is 2.20. The first-order valence-electron chi connectivity index (χ1n) is 6.23. The minimum Gasteiger partial charge on any atom is -0.0843 e. The summed E-state index contributed by atoms with van der Waals surface area (Å²) < 4.78 is 0. The van der Waals surface area contributed by atoms with Crippen LogP contribution in [0.3, 0.4) is 0 Å². The van der Waals surface area contributed by atoms with Crippen molar-refractivity contribution in [3.05, 3.63) is 34.3 Å². The molecule has 1 unspecified atom stereocenters. The lowest BCUT2D eigenvalue weighted by Crippen LogP contribution is -2.02. The van der Waals surface area contributed by atoms with Gasteiger partial charge in [-0.25, -0.2) is 0 Å². The minimum atomic E-state index is 0.750. The Kier molecular flexibility index (Phi) is 5.34. The summed E-state index contributed by atoms with van der Waals surface area (Å²) in [6, 6.07) is 6.36. The molecular formula is C15H23Cl. The summed E-state index contributed by atoms with van der Waals surface area (Å²) in [6.07, 6.45) is 3.78. The lowest BCUT2D eigenvalue weighted by Gasteiger charge is -2.13. The van der Waals surface area contributed by atoms with Crippen LogP contribution in [-0.4, -0.2) is 0 Å². The van der Waals surface area contributed by atoms with E-state index < -0.39 is 0 Å². The van der Waals surface area contributed by atoms with Crippen molar-refractivity contribution in [1.29, 1.82) is 0 Å². The molecule has 0 aliphatic carbocycles. The third-order valence-electron chi connectivity index (χ3n) is 2.92. The Balaban J connectivity index is 2.52. The predicted octanol–water partition coefficient (Wildman–Crippen LogP) is 5.26. The number of benzene rings is 1. The van der Waals surface area contributed by atoms with Gasteiger partial charge in [-0.2, -0.15) is 0 Å². The molecule has 0 radical (unpaired) electrons. The van der Waals surface area contributed by atoms with E-state index >= 15 is 0 Å². The van der Waals surface area contributed by atoms with Crippen molar-refractivity contribution in [2.45, 2.75) is 47.0 Å². The van der Waals surface area contributed by atoms with Crippen LogP contribution >= 0.6 is 11.6 Å². The van der Waals surface area contributed by atoms with Crippen molar-refractivity contribution in [2.75, 3.05) is 0 Å². The first kappa shape index (κ1) is 13.6. The van der Waals surface area contributed by atoms with Crippen molar-refractivity contribution in [3.8, 4) is 0 Å². The molecule has 0 aliphatic rings. The molecule has 0 aromatic heterocycles. The molecule has 90 valence electrons. The van der Waals surface area contributed by atoms with Crippen LogP contribution in [0.5, 0.6) is 0 Å². The van der Waals surface area contributed by atoms with Gasteiger partial charge in [0.2, 0.25) is 0 Å². The fourth-order valence-electron chi connectivity index (χ4n) is 2.05. The van der Waals surface area contributed by atoms with Crippen molar-refractivity contribution < 1.29 is 0 Å². The molecule has 1 aromatic carbocycles. The van der Waals surface area contributed by atoms with E-state index in [9.17, 15) is 0 Å². The smallest absolute Gasteiger partial charge is 0.0411 e. The topological polar surface area (TPSA) is 0 Å². The molecule has 0 bridgehead atoms. The Morgan fingerprint density at radius 2 is 1.75 bits per heavy atom. The third-order valence-corrected chi connectivity index (χ3v) is 3.14. The van der Waals surface area contributed by atoms with E-state index in [-0.39, 0.29) is 0 Å². The van der Waals surface area contributed by atoms with Crippen molar-refractivity contribution in [3.63, 3.8) is 0 Å². The Hall–Kier alpha value is -0.490. The molecule has 1 atom stereocenters. The number of hydrogen-bond acceptors (Lipinski definition) is 0. The summed E-state index contributed by atoms with van der Waals surface area (Å²) in [4.78, 5) is 0. The summed E-state index contributed by atoms with van der Waals surface area (Å²) in [6.45, 7) is 9.01. The average molecular weight is 239 g/mol. The first-order chi connectivity index (χ1) is 7.47. The Morgan fingerprint density at radius 3 is 2.31 bits per heavy atom. The Bertz CT molecular complexity index is 308. The zero-order valence-electron chi connectivity index (χ0n) is 10.9. The predicted molar refractivity (Wildman–Crippen MR) is 73.1 cm³/mol. The Morgan fingerprint density at radius 1 is 1.06 bits per heavy atom. The quantitative estimate of drug-likeness (QED) is 0.656. The van der Waals surface area contributed by atoms with Gasteiger partial charge in [0, 0.05) is 5.02 Å². The monoisotopic (exact) mass is 238 g/mol. The molecule has 0 N–H and O–H groups in total. The van der Waals surface area contributed by atoms with E-state index in [0.717, 1.165) is 23.3 Å². The molecule has 0 saturated carbocycles. The molecule has 0 nitrogen and oxygen atoms in total. The van der Waals surface area contributed by atoms with Crippen molar-refractivity contribution in [1.82, 2.24) is 0 Å². The van der Waals surface area contributed by atoms with Crippen molar-refractivity contribution in [2.24, 2.45) is 11.8 Å². The van der Waals surface area contributed by atoms with Gasteiger partial charge >= 0.3 is 0 Å². The van der Waals surface area contributed by atoms with Gasteiger partial charge < -0.3 is 0 Å². The van der Waals surface area contributed by atoms with Gasteiger partial charge in [-0.15, -0.1) is 0 Å². The molecule has 0 saturated heterocycles. The van der Waals surface area contributed by atoms with Gasteiger partial charge in [0.1, 0.15) is 0 Å². The Labute approximate surface area is 105 Å². The second kappa shape index (κ2) is 6.30. The minimum absolute atomic E-state index is 0.750. The maximum atomic E-state index is 6.06. The van der Waals surface area contributed by atoms with Gasteiger partial charge in [-0.05, 0) is 48.4 Å². The maximum absolute atomic E-state index is 6.06. The third kappa shape index (κ3) is 5.03. The van der Waals surface area contributed by atoms with E-state index in [2.05, 4.69) is 39.8 Å². The van der Waals surface area contributed by atoms with Crippen LogP contribution in [0.1, 0.15) is 44.7 Å². The largest absolute Gasteiger partial charge is 0.0843 e. The molecule has 0 spiro atoms. The molecule has 1 aromatic rings. The average Bonchev–Trinajstić information content (AvgIpc) is 2.12. The fraction of sp³-hybridized carbons (Fsp3) is 0.600. The van der Waals surface area contributed by atoms with E-state index in [1.54, 1.807) is 0 Å². The normalized spacial score (nSPS) is 13.1. The number of halogens is 1. The fourth-order valence-corrected chi connectivity index (χ4v) is 2.36. The van der Waals surface area contributed by atoms with Crippen LogP contribution in [0.15, 0.2) is 18.2 Å². The summed E-state index contributed by atoms with van der Waals surface area (Å²) in [5.74, 6) is 1.56. The van der Waals surface area contributed by atoms with E-state index in [0.29, 0.717) is 0 Å². The van der Waals surface area contributed by atoms with E-state index in [4.69, 9.17) is 11.6 Å². The summed E-state index contributed by atoms with van der Waals surface area (Å²) in [7, 11) is 0. The van der Waals surface area contributed by atoms with Crippen LogP contribution < -0.4 is 0 Å². The zero-order valence-corrected chi connectivity index (χ0v) is 11.6. The van der Waals surface area contributed by atoms with Crippen LogP contribution in [0, 0.1) is 18.8 Å². The standard InChI is InChI=1S/C15H23Cl/c1-11(2)5-6-12(3)7-14-8-13(4)9-15(16)10-14/h8-12H,5-7H2,1-4H3. The highest BCUT2D eigenvalue weighted by atomic mass is 35.5. The molecule has 16 heavy (non-hydrogen) atoms. The molecule has 0 aliphatic heterocycles. The molecule has 0 heterocycles. The summed E-state index contributed by atoms with van der Waals surface area (Å²) in [5, 5.41) is 0.867. The highest BCUT2D eigenvalue weighted by Gasteiger charge is 2.06. The molecule has 0 fully saturated rings. The summed E-state index contributed by atoms with van der Waals surface area (Å²) >= 11 is 6.06. The van der Waals surface area contributed by atoms with Crippen LogP contribution in [-0.2, 0) is 6.42 Å². The van der Waals surface area contributed by atoms with Gasteiger partial charge in [-0.1, -0.05) is 51.3 Å². The zero-order chi connectivity index (χ0) is 12.1. The maximum Gasteiger partial charge on any atom is 0.0411 e. The molecule has 0 amide bonds. The van der Waals surface area contributed by atoms with Crippen LogP contribution in [0.4, 0.5) is 0 Å². The van der Waals surface area contributed by atoms with Gasteiger partial charge in [0.25, 0.3) is 0 Å². The van der Waals surface area contributed by atoms with Gasteiger partial charge in [-0.3, -0.25) is 0 Å². The second-order valence-corrected chi connectivity index (χ2v) is 5.85. The summed E-state index contributed by atoms with van der Waals surface area (Å²) in [5.41, 5.74) is 2.64.